The van der Waals surface area contributed by atoms with Crippen molar-refractivity contribution in [3.8, 4) is 0 Å². The van der Waals surface area contributed by atoms with E-state index in [4.69, 9.17) is 0 Å². The number of rotatable bonds is 6. The Morgan fingerprint density at radius 3 is 2.83 bits per heavy atom. The van der Waals surface area contributed by atoms with E-state index in [2.05, 4.69) is 31.8 Å². The third-order valence-corrected chi connectivity index (χ3v) is 3.71. The number of nitrogens with zero attached hydrogens (tertiary/aromatic N) is 2. The third-order valence-electron chi connectivity index (χ3n) is 3.04. The maximum Gasteiger partial charge on any atom is 0.284 e. The maximum atomic E-state index is 11.7. The first-order chi connectivity index (χ1) is 11.5. The van der Waals surface area contributed by atoms with Crippen molar-refractivity contribution in [3.05, 3.63) is 68.2 Å². The largest absolute Gasteiger partial charge is 0.376 e. The van der Waals surface area contributed by atoms with Crippen LogP contribution >= 0.6 is 15.9 Å². The molecule has 2 aromatic rings. The van der Waals surface area contributed by atoms with E-state index in [9.17, 15) is 14.9 Å². The number of amides is 1. The van der Waals surface area contributed by atoms with Crippen LogP contribution in [-0.2, 0) is 4.79 Å². The molecule has 2 N–H and O–H groups in total. The van der Waals surface area contributed by atoms with Gasteiger partial charge in [-0.3, -0.25) is 14.9 Å². The molecule has 0 radical (unpaired) electrons. The predicted molar refractivity (Wildman–Crippen MR) is 96.2 cm³/mol. The van der Waals surface area contributed by atoms with Crippen LogP contribution in [0.15, 0.2) is 52.0 Å². The van der Waals surface area contributed by atoms with Gasteiger partial charge in [-0.2, -0.15) is 5.10 Å². The van der Waals surface area contributed by atoms with E-state index < -0.39 is 4.92 Å². The van der Waals surface area contributed by atoms with Crippen molar-refractivity contribution >= 4 is 39.4 Å². The van der Waals surface area contributed by atoms with Crippen LogP contribution in [0.3, 0.4) is 0 Å². The summed E-state index contributed by atoms with van der Waals surface area (Å²) in [7, 11) is 0. The number of benzene rings is 2. The highest BCUT2D eigenvalue weighted by atomic mass is 79.9. The van der Waals surface area contributed by atoms with Gasteiger partial charge in [-0.25, -0.2) is 5.43 Å². The minimum atomic E-state index is -0.494. The minimum absolute atomic E-state index is 0.0635. The molecule has 0 saturated carbocycles. The van der Waals surface area contributed by atoms with E-state index in [-0.39, 0.29) is 18.1 Å². The molecule has 7 nitrogen and oxygen atoms in total. The summed E-state index contributed by atoms with van der Waals surface area (Å²) in [5.74, 6) is -0.320. The number of carbonyl (C=O) groups excluding carboxylic acids is 1. The summed E-state index contributed by atoms with van der Waals surface area (Å²) in [6.07, 6.45) is 1.35. The lowest BCUT2D eigenvalue weighted by atomic mass is 10.2. The summed E-state index contributed by atoms with van der Waals surface area (Å²) in [6, 6.07) is 12.2. The molecule has 0 saturated heterocycles. The number of anilines is 1. The summed E-state index contributed by atoms with van der Waals surface area (Å²) in [6.45, 7) is 2.04. The molecule has 0 aliphatic carbocycles. The number of carbonyl (C=O) groups is 1. The van der Waals surface area contributed by atoms with E-state index in [1.165, 1.54) is 12.3 Å². The van der Waals surface area contributed by atoms with Gasteiger partial charge in [0.05, 0.1) is 22.2 Å². The van der Waals surface area contributed by atoms with Gasteiger partial charge in [-0.1, -0.05) is 18.2 Å². The van der Waals surface area contributed by atoms with Crippen molar-refractivity contribution in [1.29, 1.82) is 0 Å². The molecule has 0 atom stereocenters. The molecule has 0 fully saturated rings. The van der Waals surface area contributed by atoms with Crippen molar-refractivity contribution in [2.24, 2.45) is 5.10 Å². The highest BCUT2D eigenvalue weighted by Crippen LogP contribution is 2.24. The molecule has 0 bridgehead atoms. The molecular formula is C16H15BrN4O3. The summed E-state index contributed by atoms with van der Waals surface area (Å²) in [5, 5.41) is 17.6. The van der Waals surface area contributed by atoms with Crippen molar-refractivity contribution < 1.29 is 9.72 Å². The minimum Gasteiger partial charge on any atom is -0.376 e. The number of nitro benzene ring substituents is 1. The molecule has 24 heavy (non-hydrogen) atoms. The Kier molecular flexibility index (Phi) is 6.02. The van der Waals surface area contributed by atoms with Gasteiger partial charge in [0.25, 0.3) is 11.6 Å². The Morgan fingerprint density at radius 1 is 1.33 bits per heavy atom. The molecule has 0 unspecified atom stereocenters. The van der Waals surface area contributed by atoms with Gasteiger partial charge in [-0.15, -0.1) is 0 Å². The summed E-state index contributed by atoms with van der Waals surface area (Å²) in [4.78, 5) is 22.1. The second-order valence-electron chi connectivity index (χ2n) is 4.98. The van der Waals surface area contributed by atoms with Gasteiger partial charge in [0.15, 0.2) is 0 Å². The van der Waals surface area contributed by atoms with Crippen LogP contribution in [-0.4, -0.2) is 23.6 Å². The summed E-state index contributed by atoms with van der Waals surface area (Å²) < 4.78 is 0.385. The van der Waals surface area contributed by atoms with Crippen LogP contribution in [0.4, 0.5) is 11.4 Å². The van der Waals surface area contributed by atoms with E-state index in [0.29, 0.717) is 10.0 Å². The molecule has 0 aliphatic heterocycles. The van der Waals surface area contributed by atoms with Crippen molar-refractivity contribution in [3.63, 3.8) is 0 Å². The highest BCUT2D eigenvalue weighted by molar-refractivity contribution is 9.10. The smallest absolute Gasteiger partial charge is 0.284 e. The summed E-state index contributed by atoms with van der Waals surface area (Å²) in [5.41, 5.74) is 4.75. The summed E-state index contributed by atoms with van der Waals surface area (Å²) >= 11 is 3.11. The topological polar surface area (TPSA) is 96.6 Å². The Labute approximate surface area is 147 Å². The molecule has 8 heteroatoms. The monoisotopic (exact) mass is 390 g/mol. The van der Waals surface area contributed by atoms with Crippen molar-refractivity contribution in [1.82, 2.24) is 5.43 Å². The quantitative estimate of drug-likeness (QED) is 0.449. The van der Waals surface area contributed by atoms with E-state index in [0.717, 1.165) is 11.3 Å². The number of halogens is 1. The molecule has 1 amide bonds. The van der Waals surface area contributed by atoms with Crippen LogP contribution in [0.2, 0.25) is 0 Å². The van der Waals surface area contributed by atoms with Crippen molar-refractivity contribution in [2.45, 2.75) is 6.92 Å². The maximum absolute atomic E-state index is 11.7. The van der Waals surface area contributed by atoms with Gasteiger partial charge in [0, 0.05) is 17.3 Å². The normalized spacial score (nSPS) is 10.6. The number of nitro groups is 1. The molecular weight excluding hydrogens is 376 g/mol. The van der Waals surface area contributed by atoms with Gasteiger partial charge < -0.3 is 5.32 Å². The van der Waals surface area contributed by atoms with Crippen LogP contribution < -0.4 is 10.7 Å². The third kappa shape index (κ3) is 5.17. The Morgan fingerprint density at radius 2 is 2.12 bits per heavy atom. The van der Waals surface area contributed by atoms with Gasteiger partial charge >= 0.3 is 0 Å². The van der Waals surface area contributed by atoms with E-state index in [1.54, 1.807) is 12.1 Å². The number of hydrazone groups is 1. The van der Waals surface area contributed by atoms with Gasteiger partial charge in [0.1, 0.15) is 0 Å². The molecule has 0 heterocycles. The lowest BCUT2D eigenvalue weighted by molar-refractivity contribution is -0.385. The van der Waals surface area contributed by atoms with Gasteiger partial charge in [-0.05, 0) is 46.6 Å². The Bertz CT molecular complexity index is 793. The SMILES string of the molecule is Cc1cccc(NCC(=O)NN=Cc2ccc(Br)c([N+](=O)[O-])c2)c1. The van der Waals surface area contributed by atoms with Crippen molar-refractivity contribution in [2.75, 3.05) is 11.9 Å². The molecule has 0 spiro atoms. The zero-order valence-corrected chi connectivity index (χ0v) is 14.4. The zero-order valence-electron chi connectivity index (χ0n) is 12.8. The first kappa shape index (κ1) is 17.6. The number of hydrogen-bond donors (Lipinski definition) is 2. The number of hydrogen-bond acceptors (Lipinski definition) is 5. The lowest BCUT2D eigenvalue weighted by Crippen LogP contribution is -2.25. The standard InChI is InChI=1S/C16H15BrN4O3/c1-11-3-2-4-13(7-11)18-10-16(22)20-19-9-12-5-6-14(17)15(8-12)21(23)24/h2-9,18H,10H2,1H3,(H,20,22). The van der Waals surface area contributed by atoms with Gasteiger partial charge in [0.2, 0.25) is 0 Å². The average Bonchev–Trinajstić information content (AvgIpc) is 2.54. The molecule has 124 valence electrons. The Hall–Kier alpha value is -2.74. The first-order valence-electron chi connectivity index (χ1n) is 7.02. The van der Waals surface area contributed by atoms with Crippen LogP contribution in [0.5, 0.6) is 0 Å². The molecule has 0 aliphatic rings. The number of aryl methyl sites for hydroxylation is 1. The molecule has 0 aromatic heterocycles. The van der Waals surface area contributed by atoms with E-state index in [1.807, 2.05) is 31.2 Å². The fraction of sp³-hybridized carbons (Fsp3) is 0.125. The molecule has 2 aromatic carbocycles. The second kappa shape index (κ2) is 8.21. The number of nitrogens with one attached hydrogen (secondary N) is 2. The van der Waals surface area contributed by atoms with Crippen LogP contribution in [0, 0.1) is 17.0 Å². The predicted octanol–water partition coefficient (Wildman–Crippen LogP) is 3.23. The zero-order chi connectivity index (χ0) is 17.5. The fourth-order valence-electron chi connectivity index (χ4n) is 1.91. The molecule has 2 rings (SSSR count). The van der Waals surface area contributed by atoms with Crippen LogP contribution in [0.25, 0.3) is 0 Å². The Balaban J connectivity index is 1.88. The first-order valence-corrected chi connectivity index (χ1v) is 7.81. The fourth-order valence-corrected chi connectivity index (χ4v) is 2.30. The van der Waals surface area contributed by atoms with E-state index >= 15 is 0 Å². The highest BCUT2D eigenvalue weighted by Gasteiger charge is 2.11. The average molecular weight is 391 g/mol. The second-order valence-corrected chi connectivity index (χ2v) is 5.84. The van der Waals surface area contributed by atoms with Crippen LogP contribution in [0.1, 0.15) is 11.1 Å². The lowest BCUT2D eigenvalue weighted by Gasteiger charge is -2.05.